The molecular weight excluding hydrogens is 280 g/mol. The highest BCUT2D eigenvalue weighted by atomic mass is 16.5. The highest BCUT2D eigenvalue weighted by Crippen LogP contribution is 2.39. The molecule has 1 aliphatic heterocycles. The Hall–Kier alpha value is -2.04. The molecule has 22 heavy (non-hydrogen) atoms. The average Bonchev–Trinajstić information content (AvgIpc) is 3.05. The van der Waals surface area contributed by atoms with E-state index in [-0.39, 0.29) is 24.3 Å². The number of anilines is 2. The number of benzene rings is 1. The maximum absolute atomic E-state index is 12.5. The molecule has 0 aromatic heterocycles. The van der Waals surface area contributed by atoms with Crippen LogP contribution in [0.3, 0.4) is 0 Å². The van der Waals surface area contributed by atoms with Crippen molar-refractivity contribution in [2.24, 2.45) is 11.8 Å². The summed E-state index contributed by atoms with van der Waals surface area (Å²) >= 11 is 0. The van der Waals surface area contributed by atoms with Crippen molar-refractivity contribution < 1.29 is 14.3 Å². The zero-order valence-electron chi connectivity index (χ0n) is 13.1. The van der Waals surface area contributed by atoms with Crippen LogP contribution in [0.2, 0.25) is 0 Å². The van der Waals surface area contributed by atoms with Gasteiger partial charge in [-0.3, -0.25) is 9.59 Å². The van der Waals surface area contributed by atoms with Gasteiger partial charge in [0, 0.05) is 13.0 Å². The number of para-hydroxylation sites is 1. The van der Waals surface area contributed by atoms with Gasteiger partial charge in [0.15, 0.2) is 12.4 Å². The van der Waals surface area contributed by atoms with Crippen LogP contribution >= 0.6 is 0 Å². The summed E-state index contributed by atoms with van der Waals surface area (Å²) in [5.74, 6) is 1.00. The minimum absolute atomic E-state index is 0.00121. The van der Waals surface area contributed by atoms with Gasteiger partial charge >= 0.3 is 0 Å². The maximum Gasteiger partial charge on any atom is 0.264 e. The van der Waals surface area contributed by atoms with Crippen molar-refractivity contribution in [3.8, 4) is 5.75 Å². The van der Waals surface area contributed by atoms with E-state index in [1.54, 1.807) is 11.9 Å². The van der Waals surface area contributed by atoms with Gasteiger partial charge in [0.1, 0.15) is 0 Å². The third-order valence-corrected chi connectivity index (χ3v) is 4.85. The number of amides is 2. The first kappa shape index (κ1) is 14.9. The van der Waals surface area contributed by atoms with Crippen LogP contribution in [0, 0.1) is 11.8 Å². The van der Waals surface area contributed by atoms with Crippen LogP contribution in [0.5, 0.6) is 5.75 Å². The van der Waals surface area contributed by atoms with Gasteiger partial charge in [0.25, 0.3) is 5.91 Å². The Morgan fingerprint density at radius 1 is 1.36 bits per heavy atom. The highest BCUT2D eigenvalue weighted by molar-refractivity contribution is 6.01. The van der Waals surface area contributed by atoms with Crippen molar-refractivity contribution in [1.29, 1.82) is 0 Å². The zero-order chi connectivity index (χ0) is 15.7. The lowest BCUT2D eigenvalue weighted by Crippen LogP contribution is -2.36. The van der Waals surface area contributed by atoms with Crippen molar-refractivity contribution in [2.45, 2.75) is 32.6 Å². The van der Waals surface area contributed by atoms with Crippen molar-refractivity contribution in [3.05, 3.63) is 18.2 Å². The summed E-state index contributed by atoms with van der Waals surface area (Å²) in [6.07, 6.45) is 4.71. The molecule has 1 aliphatic carbocycles. The molecule has 1 aromatic carbocycles. The molecule has 0 spiro atoms. The van der Waals surface area contributed by atoms with Gasteiger partial charge in [-0.15, -0.1) is 0 Å². The second kappa shape index (κ2) is 5.99. The topological polar surface area (TPSA) is 58.6 Å². The van der Waals surface area contributed by atoms with E-state index in [9.17, 15) is 9.59 Å². The van der Waals surface area contributed by atoms with Gasteiger partial charge in [0.05, 0.1) is 11.4 Å². The first-order chi connectivity index (χ1) is 10.6. The van der Waals surface area contributed by atoms with E-state index in [1.165, 1.54) is 12.8 Å². The molecule has 2 amide bonds. The van der Waals surface area contributed by atoms with Crippen LogP contribution in [0.15, 0.2) is 18.2 Å². The monoisotopic (exact) mass is 302 g/mol. The van der Waals surface area contributed by atoms with Crippen LogP contribution in [0.1, 0.15) is 32.6 Å². The Labute approximate surface area is 130 Å². The first-order valence-corrected chi connectivity index (χ1v) is 7.91. The molecule has 1 atom stereocenters. The van der Waals surface area contributed by atoms with E-state index in [1.807, 2.05) is 25.1 Å². The largest absolute Gasteiger partial charge is 0.479 e. The highest BCUT2D eigenvalue weighted by Gasteiger charge is 2.29. The number of carbonyl (C=O) groups is 2. The molecule has 1 unspecified atom stereocenters. The summed E-state index contributed by atoms with van der Waals surface area (Å²) in [7, 11) is 1.72. The Morgan fingerprint density at radius 2 is 2.09 bits per heavy atom. The summed E-state index contributed by atoms with van der Waals surface area (Å²) < 4.78 is 5.54. The summed E-state index contributed by atoms with van der Waals surface area (Å²) in [6, 6.07) is 5.47. The van der Waals surface area contributed by atoms with Gasteiger partial charge in [-0.05, 0) is 30.9 Å². The second-order valence-electron chi connectivity index (χ2n) is 6.22. The molecule has 3 rings (SSSR count). The Balaban J connectivity index is 1.78. The number of fused-ring (bicyclic) bond motifs is 1. The van der Waals surface area contributed by atoms with E-state index in [4.69, 9.17) is 4.74 Å². The Bertz CT molecular complexity index is 594. The van der Waals surface area contributed by atoms with Crippen LogP contribution in [-0.2, 0) is 9.59 Å². The molecule has 1 saturated carbocycles. The van der Waals surface area contributed by atoms with Crippen molar-refractivity contribution >= 4 is 23.2 Å². The van der Waals surface area contributed by atoms with Crippen molar-refractivity contribution in [2.75, 3.05) is 23.9 Å². The molecule has 2 aliphatic rings. The van der Waals surface area contributed by atoms with Gasteiger partial charge < -0.3 is 15.0 Å². The molecule has 5 nitrogen and oxygen atoms in total. The van der Waals surface area contributed by atoms with E-state index >= 15 is 0 Å². The minimum atomic E-state index is -0.0877. The fourth-order valence-corrected chi connectivity index (χ4v) is 3.32. The lowest BCUT2D eigenvalue weighted by Gasteiger charge is -2.28. The fraction of sp³-hybridized carbons (Fsp3) is 0.529. The van der Waals surface area contributed by atoms with Gasteiger partial charge in [-0.1, -0.05) is 25.8 Å². The summed E-state index contributed by atoms with van der Waals surface area (Å²) in [5, 5.41) is 2.98. The molecular formula is C17H22N2O3. The van der Waals surface area contributed by atoms with Crippen LogP contribution in [-0.4, -0.2) is 25.5 Å². The van der Waals surface area contributed by atoms with E-state index < -0.39 is 0 Å². The molecule has 0 radical (unpaired) electrons. The van der Waals surface area contributed by atoms with Gasteiger partial charge in [-0.25, -0.2) is 0 Å². The quantitative estimate of drug-likeness (QED) is 0.934. The van der Waals surface area contributed by atoms with Gasteiger partial charge in [-0.2, -0.15) is 0 Å². The average molecular weight is 302 g/mol. The lowest BCUT2D eigenvalue weighted by atomic mass is 9.92. The number of nitrogens with one attached hydrogen (secondary N) is 1. The molecule has 1 fully saturated rings. The predicted octanol–water partition coefficient (Wildman–Crippen LogP) is 2.81. The molecule has 0 saturated heterocycles. The van der Waals surface area contributed by atoms with Gasteiger partial charge in [0.2, 0.25) is 5.91 Å². The number of carbonyl (C=O) groups excluding carboxylic acids is 2. The smallest absolute Gasteiger partial charge is 0.264 e. The number of likely N-dealkylation sites (N-methyl/N-ethyl adjacent to an activating group) is 1. The number of nitrogens with zero attached hydrogens (tertiary/aromatic N) is 1. The second-order valence-corrected chi connectivity index (χ2v) is 6.22. The minimum Gasteiger partial charge on any atom is -0.479 e. The van der Waals surface area contributed by atoms with Crippen molar-refractivity contribution in [3.63, 3.8) is 0 Å². The van der Waals surface area contributed by atoms with Crippen LogP contribution in [0.4, 0.5) is 11.4 Å². The van der Waals surface area contributed by atoms with E-state index in [0.29, 0.717) is 23.0 Å². The standard InChI is InChI=1S/C17H22N2O3/c1-11(12-6-3-4-7-12)17(21)18-13-8-5-9-14-16(13)22-10-15(20)19(14)2/h5,8-9,11-12H,3-4,6-7,10H2,1-2H3,(H,18,21). The molecule has 0 bridgehead atoms. The van der Waals surface area contributed by atoms with Crippen LogP contribution in [0.25, 0.3) is 0 Å². The number of rotatable bonds is 3. The van der Waals surface area contributed by atoms with E-state index in [2.05, 4.69) is 5.32 Å². The maximum atomic E-state index is 12.5. The third-order valence-electron chi connectivity index (χ3n) is 4.85. The molecule has 118 valence electrons. The number of hydrogen-bond acceptors (Lipinski definition) is 3. The Morgan fingerprint density at radius 3 is 2.82 bits per heavy atom. The molecule has 5 heteroatoms. The lowest BCUT2D eigenvalue weighted by molar-refractivity contribution is -0.121. The predicted molar refractivity (Wildman–Crippen MR) is 85.1 cm³/mol. The first-order valence-electron chi connectivity index (χ1n) is 7.91. The third kappa shape index (κ3) is 2.67. The molecule has 1 N–H and O–H groups in total. The number of ether oxygens (including phenoxy) is 1. The SMILES string of the molecule is CC(C(=O)Nc1cccc2c1OCC(=O)N2C)C1CCCC1. The summed E-state index contributed by atoms with van der Waals surface area (Å²) in [6.45, 7) is 2.01. The van der Waals surface area contributed by atoms with E-state index in [0.717, 1.165) is 12.8 Å². The van der Waals surface area contributed by atoms with Crippen molar-refractivity contribution in [1.82, 2.24) is 0 Å². The molecule has 1 aromatic rings. The fourth-order valence-electron chi connectivity index (χ4n) is 3.32. The zero-order valence-corrected chi connectivity index (χ0v) is 13.1. The molecule has 1 heterocycles. The normalized spacial score (nSPS) is 19.5. The van der Waals surface area contributed by atoms with Crippen LogP contribution < -0.4 is 15.0 Å². The Kier molecular flexibility index (Phi) is 4.05. The summed E-state index contributed by atoms with van der Waals surface area (Å²) in [5.41, 5.74) is 1.34. The number of hydrogen-bond donors (Lipinski definition) is 1. The summed E-state index contributed by atoms with van der Waals surface area (Å²) in [4.78, 5) is 25.7.